The monoisotopic (exact) mass is 248 g/mol. The predicted octanol–water partition coefficient (Wildman–Crippen LogP) is 1.50. The molecule has 1 heterocycles. The van der Waals surface area contributed by atoms with Gasteiger partial charge in [-0.1, -0.05) is 0 Å². The van der Waals surface area contributed by atoms with Crippen LogP contribution in [0.5, 0.6) is 0 Å². The van der Waals surface area contributed by atoms with Crippen molar-refractivity contribution in [3.05, 3.63) is 17.6 Å². The van der Waals surface area contributed by atoms with E-state index in [1.807, 2.05) is 0 Å². The highest BCUT2D eigenvalue weighted by Crippen LogP contribution is 2.13. The lowest BCUT2D eigenvalue weighted by Gasteiger charge is -2.05. The molecule has 0 saturated carbocycles. The number of hydrogen-bond acceptors (Lipinski definition) is 4. The third-order valence-corrected chi connectivity index (χ3v) is 3.94. The predicted molar refractivity (Wildman–Crippen MR) is 58.9 cm³/mol. The van der Waals surface area contributed by atoms with Gasteiger partial charge in [-0.2, -0.15) is 0 Å². The molecule has 0 atom stereocenters. The second-order valence-electron chi connectivity index (χ2n) is 3.26. The molecule has 0 radical (unpaired) electrons. The summed E-state index contributed by atoms with van der Waals surface area (Å²) in [5, 5.41) is 0.0765. The molecule has 4 nitrogen and oxygen atoms in total. The Hall–Kier alpha value is -0.680. The lowest BCUT2D eigenvalue weighted by Crippen LogP contribution is -2.12. The summed E-state index contributed by atoms with van der Waals surface area (Å²) in [4.78, 5) is 7.98. The van der Waals surface area contributed by atoms with Gasteiger partial charge in [-0.05, 0) is 20.3 Å². The minimum absolute atomic E-state index is 0.0233. The molecule has 6 heteroatoms. The van der Waals surface area contributed by atoms with Crippen LogP contribution in [0.2, 0.25) is 0 Å². The Bertz CT molecular complexity index is 445. The lowest BCUT2D eigenvalue weighted by molar-refractivity contribution is 0.588. The highest BCUT2D eigenvalue weighted by atomic mass is 35.5. The van der Waals surface area contributed by atoms with Crippen LogP contribution >= 0.6 is 11.6 Å². The van der Waals surface area contributed by atoms with Crippen LogP contribution in [-0.2, 0) is 9.84 Å². The molecular weight excluding hydrogens is 236 g/mol. The first kappa shape index (κ1) is 12.4. The minimum Gasteiger partial charge on any atom is -0.257 e. The molecule has 0 aliphatic heterocycles. The van der Waals surface area contributed by atoms with Gasteiger partial charge in [0, 0.05) is 12.1 Å². The van der Waals surface area contributed by atoms with Gasteiger partial charge in [-0.15, -0.1) is 11.6 Å². The van der Waals surface area contributed by atoms with E-state index in [4.69, 9.17) is 11.6 Å². The Labute approximate surface area is 94.6 Å². The number of rotatable bonds is 4. The topological polar surface area (TPSA) is 59.9 Å². The zero-order chi connectivity index (χ0) is 11.5. The van der Waals surface area contributed by atoms with Crippen molar-refractivity contribution in [3.8, 4) is 0 Å². The van der Waals surface area contributed by atoms with E-state index in [2.05, 4.69) is 9.97 Å². The molecule has 0 aromatic carbocycles. The van der Waals surface area contributed by atoms with E-state index in [-0.39, 0.29) is 10.8 Å². The van der Waals surface area contributed by atoms with E-state index < -0.39 is 9.84 Å². The molecule has 0 unspecified atom stereocenters. The van der Waals surface area contributed by atoms with Crippen molar-refractivity contribution in [2.24, 2.45) is 0 Å². The Morgan fingerprint density at radius 2 is 2.07 bits per heavy atom. The van der Waals surface area contributed by atoms with Crippen LogP contribution in [-0.4, -0.2) is 30.0 Å². The average Bonchev–Trinajstić information content (AvgIpc) is 2.18. The Morgan fingerprint density at radius 3 is 2.67 bits per heavy atom. The van der Waals surface area contributed by atoms with Gasteiger partial charge in [0.2, 0.25) is 0 Å². The molecule has 0 fully saturated rings. The number of aryl methyl sites for hydroxylation is 2. The SMILES string of the molecule is Cc1cnc(C)c(S(=O)(=O)CCCCl)n1. The molecule has 0 saturated heterocycles. The van der Waals surface area contributed by atoms with Gasteiger partial charge < -0.3 is 0 Å². The number of nitrogens with zero attached hydrogens (tertiary/aromatic N) is 2. The molecule has 0 bridgehead atoms. The Kier molecular flexibility index (Phi) is 4.04. The quantitative estimate of drug-likeness (QED) is 0.758. The van der Waals surface area contributed by atoms with Gasteiger partial charge in [0.1, 0.15) is 0 Å². The highest BCUT2D eigenvalue weighted by Gasteiger charge is 2.19. The van der Waals surface area contributed by atoms with E-state index in [1.54, 1.807) is 20.0 Å². The number of sulfone groups is 1. The minimum atomic E-state index is -3.33. The van der Waals surface area contributed by atoms with E-state index in [0.717, 1.165) is 0 Å². The van der Waals surface area contributed by atoms with Crippen molar-refractivity contribution in [3.63, 3.8) is 0 Å². The highest BCUT2D eigenvalue weighted by molar-refractivity contribution is 7.91. The Morgan fingerprint density at radius 1 is 1.40 bits per heavy atom. The third-order valence-electron chi connectivity index (χ3n) is 1.87. The van der Waals surface area contributed by atoms with Crippen molar-refractivity contribution in [2.45, 2.75) is 25.3 Å². The number of hydrogen-bond donors (Lipinski definition) is 0. The van der Waals surface area contributed by atoms with Crippen molar-refractivity contribution in [1.29, 1.82) is 0 Å². The average molecular weight is 249 g/mol. The van der Waals surface area contributed by atoms with Crippen LogP contribution in [0.4, 0.5) is 0 Å². The zero-order valence-electron chi connectivity index (χ0n) is 8.70. The standard InChI is InChI=1S/C9H13ClN2O2S/c1-7-6-11-8(2)9(12-7)15(13,14)5-3-4-10/h6H,3-5H2,1-2H3. The normalized spacial score (nSPS) is 11.7. The lowest BCUT2D eigenvalue weighted by atomic mass is 10.4. The molecular formula is C9H13ClN2O2S. The van der Waals surface area contributed by atoms with E-state index in [0.29, 0.717) is 23.7 Å². The van der Waals surface area contributed by atoms with E-state index in [9.17, 15) is 8.42 Å². The molecule has 1 aromatic heterocycles. The molecule has 1 rings (SSSR count). The molecule has 0 spiro atoms. The molecule has 0 aliphatic rings. The first-order chi connectivity index (χ1) is 6.97. The van der Waals surface area contributed by atoms with Crippen LogP contribution in [0.25, 0.3) is 0 Å². The summed E-state index contributed by atoms with van der Waals surface area (Å²) in [7, 11) is -3.33. The summed E-state index contributed by atoms with van der Waals surface area (Å²) in [6, 6.07) is 0. The van der Waals surface area contributed by atoms with Crippen LogP contribution < -0.4 is 0 Å². The maximum Gasteiger partial charge on any atom is 0.197 e. The van der Waals surface area contributed by atoms with Gasteiger partial charge in [-0.25, -0.2) is 13.4 Å². The third kappa shape index (κ3) is 3.14. The summed E-state index contributed by atoms with van der Waals surface area (Å²) in [6.45, 7) is 3.35. The smallest absolute Gasteiger partial charge is 0.197 e. The Balaban J connectivity index is 3.09. The van der Waals surface area contributed by atoms with Crippen molar-refractivity contribution >= 4 is 21.4 Å². The molecule has 0 aliphatic carbocycles. The molecule has 0 N–H and O–H groups in total. The summed E-state index contributed by atoms with van der Waals surface area (Å²) in [5.41, 5.74) is 1.04. The van der Waals surface area contributed by atoms with Crippen LogP contribution in [0, 0.1) is 13.8 Å². The fourth-order valence-electron chi connectivity index (χ4n) is 1.15. The molecule has 0 amide bonds. The molecule has 15 heavy (non-hydrogen) atoms. The largest absolute Gasteiger partial charge is 0.257 e. The van der Waals surface area contributed by atoms with Gasteiger partial charge in [-0.3, -0.25) is 4.98 Å². The summed E-state index contributed by atoms with van der Waals surface area (Å²) in [6.07, 6.45) is 1.98. The summed E-state index contributed by atoms with van der Waals surface area (Å²) < 4.78 is 23.6. The molecule has 1 aromatic rings. The van der Waals surface area contributed by atoms with Gasteiger partial charge in [0.05, 0.1) is 17.1 Å². The second-order valence-corrected chi connectivity index (χ2v) is 5.67. The van der Waals surface area contributed by atoms with E-state index >= 15 is 0 Å². The maximum atomic E-state index is 11.8. The van der Waals surface area contributed by atoms with E-state index in [1.165, 1.54) is 0 Å². The molecule has 84 valence electrons. The maximum absolute atomic E-state index is 11.8. The van der Waals surface area contributed by atoms with Crippen LogP contribution in [0.3, 0.4) is 0 Å². The number of halogens is 1. The first-order valence-corrected chi connectivity index (χ1v) is 6.75. The van der Waals surface area contributed by atoms with Gasteiger partial charge in [0.15, 0.2) is 14.9 Å². The van der Waals surface area contributed by atoms with Crippen LogP contribution in [0.1, 0.15) is 17.8 Å². The second kappa shape index (κ2) is 4.90. The van der Waals surface area contributed by atoms with Gasteiger partial charge in [0.25, 0.3) is 0 Å². The van der Waals surface area contributed by atoms with Crippen molar-refractivity contribution in [2.75, 3.05) is 11.6 Å². The van der Waals surface area contributed by atoms with Crippen molar-refractivity contribution < 1.29 is 8.42 Å². The summed E-state index contributed by atoms with van der Waals surface area (Å²) >= 11 is 5.47. The number of alkyl halides is 1. The van der Waals surface area contributed by atoms with Crippen LogP contribution in [0.15, 0.2) is 11.2 Å². The summed E-state index contributed by atoms with van der Waals surface area (Å²) in [5.74, 6) is 0.354. The first-order valence-electron chi connectivity index (χ1n) is 4.56. The zero-order valence-corrected chi connectivity index (χ0v) is 10.3. The number of aromatic nitrogens is 2. The van der Waals surface area contributed by atoms with Crippen molar-refractivity contribution in [1.82, 2.24) is 9.97 Å². The fraction of sp³-hybridized carbons (Fsp3) is 0.556. The fourth-order valence-corrected chi connectivity index (χ4v) is 2.95. The van der Waals surface area contributed by atoms with Gasteiger partial charge >= 0.3 is 0 Å².